The van der Waals surface area contributed by atoms with Crippen LogP contribution in [0.2, 0.25) is 0 Å². The van der Waals surface area contributed by atoms with E-state index in [-0.39, 0.29) is 16.4 Å². The number of nitrogens with one attached hydrogen (secondary N) is 2. The minimum atomic E-state index is -3.86. The normalized spacial score (nSPS) is 17.3. The van der Waals surface area contributed by atoms with Gasteiger partial charge in [-0.1, -0.05) is 30.3 Å². The Morgan fingerprint density at radius 3 is 2.45 bits per heavy atom. The summed E-state index contributed by atoms with van der Waals surface area (Å²) in [7, 11) is -3.86. The van der Waals surface area contributed by atoms with Gasteiger partial charge in [0.05, 0.1) is 10.6 Å². The molecule has 0 amide bonds. The minimum Gasteiger partial charge on any atom is -0.476 e. The van der Waals surface area contributed by atoms with Crippen LogP contribution in [-0.4, -0.2) is 30.5 Å². The molecule has 2 aromatic carbocycles. The lowest BCUT2D eigenvalue weighted by atomic mass is 10.00. The van der Waals surface area contributed by atoms with E-state index in [2.05, 4.69) is 20.0 Å². The Morgan fingerprint density at radius 1 is 1.00 bits per heavy atom. The molecule has 7 nitrogen and oxygen atoms in total. The molecule has 4 bridgehead atoms. The predicted octanol–water partition coefficient (Wildman–Crippen LogP) is 3.82. The van der Waals surface area contributed by atoms with Crippen molar-refractivity contribution in [2.45, 2.75) is 44.7 Å². The van der Waals surface area contributed by atoms with E-state index in [0.29, 0.717) is 24.7 Å². The van der Waals surface area contributed by atoms with Crippen molar-refractivity contribution in [2.75, 3.05) is 11.3 Å². The van der Waals surface area contributed by atoms with Crippen LogP contribution in [0.5, 0.6) is 5.88 Å². The number of benzene rings is 2. The summed E-state index contributed by atoms with van der Waals surface area (Å²) in [5, 5.41) is 3.42. The number of hydrogen-bond acceptors (Lipinski definition) is 6. The van der Waals surface area contributed by atoms with Crippen LogP contribution < -0.4 is 14.8 Å². The van der Waals surface area contributed by atoms with E-state index < -0.39 is 10.0 Å². The lowest BCUT2D eigenvalue weighted by molar-refractivity contribution is 0.201. The Hall–Kier alpha value is -2.97. The summed E-state index contributed by atoms with van der Waals surface area (Å²) in [6.07, 6.45) is 0. The largest absolute Gasteiger partial charge is 0.476 e. The van der Waals surface area contributed by atoms with Crippen molar-refractivity contribution >= 4 is 16.0 Å². The molecule has 1 aliphatic rings. The highest BCUT2D eigenvalue weighted by atomic mass is 32.2. The Kier molecular flexibility index (Phi) is 5.45. The van der Waals surface area contributed by atoms with E-state index in [9.17, 15) is 8.42 Å². The third-order valence-electron chi connectivity index (χ3n) is 5.23. The van der Waals surface area contributed by atoms with Crippen LogP contribution in [-0.2, 0) is 16.6 Å². The molecular weight excluding hydrogens is 412 g/mol. The fourth-order valence-corrected chi connectivity index (χ4v) is 4.55. The summed E-state index contributed by atoms with van der Waals surface area (Å²) in [6, 6.07) is 14.6. The molecule has 0 aliphatic carbocycles. The number of rotatable bonds is 1. The third-order valence-corrected chi connectivity index (χ3v) is 6.55. The van der Waals surface area contributed by atoms with Gasteiger partial charge in [0.1, 0.15) is 6.61 Å². The van der Waals surface area contributed by atoms with E-state index >= 15 is 0 Å². The van der Waals surface area contributed by atoms with Gasteiger partial charge in [-0.2, -0.15) is 4.98 Å². The Balaban J connectivity index is 1.87. The van der Waals surface area contributed by atoms with Crippen molar-refractivity contribution in [3.05, 3.63) is 65.2 Å². The monoisotopic (exact) mass is 438 g/mol. The molecule has 0 fully saturated rings. The van der Waals surface area contributed by atoms with E-state index in [1.54, 1.807) is 24.3 Å². The van der Waals surface area contributed by atoms with E-state index in [1.807, 2.05) is 52.0 Å². The van der Waals surface area contributed by atoms with Crippen molar-refractivity contribution in [2.24, 2.45) is 0 Å². The summed E-state index contributed by atoms with van der Waals surface area (Å²) < 4.78 is 34.6. The van der Waals surface area contributed by atoms with Crippen LogP contribution in [0.3, 0.4) is 0 Å². The zero-order valence-corrected chi connectivity index (χ0v) is 18.9. The first-order valence-corrected chi connectivity index (χ1v) is 11.6. The molecular formula is C23H26N4O3S. The molecule has 0 spiro atoms. The third kappa shape index (κ3) is 4.70. The van der Waals surface area contributed by atoms with Crippen molar-refractivity contribution in [3.8, 4) is 17.1 Å². The molecule has 4 rings (SSSR count). The average Bonchev–Trinajstić information content (AvgIpc) is 2.70. The van der Waals surface area contributed by atoms with E-state index in [0.717, 1.165) is 22.3 Å². The highest BCUT2D eigenvalue weighted by molar-refractivity contribution is 7.92. The van der Waals surface area contributed by atoms with Crippen LogP contribution in [0, 0.1) is 13.8 Å². The van der Waals surface area contributed by atoms with Gasteiger partial charge in [0, 0.05) is 23.7 Å². The number of fused-ring (bicyclic) bond motifs is 4. The highest BCUT2D eigenvalue weighted by Crippen LogP contribution is 2.29. The maximum Gasteiger partial charge on any atom is 0.264 e. The number of aryl methyl sites for hydroxylation is 2. The summed E-state index contributed by atoms with van der Waals surface area (Å²) >= 11 is 0. The first-order valence-electron chi connectivity index (χ1n) is 10.1. The summed E-state index contributed by atoms with van der Waals surface area (Å²) in [6.45, 7) is 8.91. The summed E-state index contributed by atoms with van der Waals surface area (Å²) in [4.78, 5) is 9.01. The topological polar surface area (TPSA) is 93.2 Å². The van der Waals surface area contributed by atoms with Crippen molar-refractivity contribution in [3.63, 3.8) is 0 Å². The average molecular weight is 439 g/mol. The predicted molar refractivity (Wildman–Crippen MR) is 121 cm³/mol. The van der Waals surface area contributed by atoms with E-state index in [4.69, 9.17) is 4.74 Å². The molecule has 2 N–H and O–H groups in total. The van der Waals surface area contributed by atoms with Gasteiger partial charge in [0.15, 0.2) is 0 Å². The Morgan fingerprint density at radius 2 is 1.71 bits per heavy atom. The van der Waals surface area contributed by atoms with Gasteiger partial charge in [-0.3, -0.25) is 0 Å². The summed E-state index contributed by atoms with van der Waals surface area (Å²) in [5.74, 6) is 0.289. The lowest BCUT2D eigenvalue weighted by Crippen LogP contribution is -2.44. The van der Waals surface area contributed by atoms with Gasteiger partial charge in [0.25, 0.3) is 10.0 Å². The van der Waals surface area contributed by atoms with Gasteiger partial charge in [-0.15, -0.1) is 0 Å². The number of aromatic nitrogens is 2. The zero-order chi connectivity index (χ0) is 22.2. The van der Waals surface area contributed by atoms with Gasteiger partial charge in [-0.05, 0) is 56.5 Å². The molecule has 3 aromatic rings. The fraction of sp³-hybridized carbons (Fsp3) is 0.304. The Labute approximate surface area is 183 Å². The molecule has 0 radical (unpaired) electrons. The molecule has 2 heterocycles. The maximum atomic E-state index is 13.0. The Bertz CT molecular complexity index is 1220. The zero-order valence-electron chi connectivity index (χ0n) is 18.1. The second-order valence-corrected chi connectivity index (χ2v) is 10.1. The van der Waals surface area contributed by atoms with E-state index in [1.165, 1.54) is 0 Å². The number of hydrogen-bond donors (Lipinski definition) is 2. The fourth-order valence-electron chi connectivity index (χ4n) is 3.54. The minimum absolute atomic E-state index is 0.0226. The van der Waals surface area contributed by atoms with Gasteiger partial charge >= 0.3 is 0 Å². The molecule has 0 unspecified atom stereocenters. The van der Waals surface area contributed by atoms with Gasteiger partial charge in [-0.25, -0.2) is 18.1 Å². The molecule has 31 heavy (non-hydrogen) atoms. The maximum absolute atomic E-state index is 13.0. The molecule has 162 valence electrons. The second-order valence-electron chi connectivity index (χ2n) is 8.46. The number of ether oxygens (including phenoxy) is 1. The molecule has 8 heteroatoms. The first kappa shape index (κ1) is 21.3. The van der Waals surface area contributed by atoms with Gasteiger partial charge in [0.2, 0.25) is 11.8 Å². The lowest BCUT2D eigenvalue weighted by Gasteiger charge is -2.26. The highest BCUT2D eigenvalue weighted by Gasteiger charge is 2.23. The summed E-state index contributed by atoms with van der Waals surface area (Å²) in [5.41, 5.74) is 4.10. The van der Waals surface area contributed by atoms with Crippen LogP contribution in [0.4, 0.5) is 5.95 Å². The quantitative estimate of drug-likeness (QED) is 0.600. The van der Waals surface area contributed by atoms with Crippen LogP contribution in [0.25, 0.3) is 11.3 Å². The van der Waals surface area contributed by atoms with Crippen LogP contribution >= 0.6 is 0 Å². The van der Waals surface area contributed by atoms with Crippen molar-refractivity contribution in [1.82, 2.24) is 15.3 Å². The molecule has 0 saturated carbocycles. The first-order chi connectivity index (χ1) is 14.6. The van der Waals surface area contributed by atoms with Crippen molar-refractivity contribution in [1.29, 1.82) is 0 Å². The van der Waals surface area contributed by atoms with Crippen LogP contribution in [0.1, 0.15) is 30.5 Å². The second kappa shape index (κ2) is 7.94. The molecule has 0 saturated heterocycles. The van der Waals surface area contributed by atoms with Gasteiger partial charge < -0.3 is 10.1 Å². The molecule has 0 atom stereocenters. The smallest absolute Gasteiger partial charge is 0.264 e. The SMILES string of the molecule is Cc1cccc(C)c1-c1cc2nc(n1)NS(=O)(=O)c1cccc(c1)CNC(C)(C)CO2. The van der Waals surface area contributed by atoms with Crippen molar-refractivity contribution < 1.29 is 13.2 Å². The standard InChI is InChI=1S/C23H26N4O3S/c1-15-7-5-8-16(2)21(15)19-12-20-26-22(25-19)27-31(28,29)18-10-6-9-17(11-18)13-24-23(3,4)14-30-20/h5-12,24H,13-14H2,1-4H3,(H,25,26,27). The number of anilines is 1. The number of sulfonamides is 1. The molecule has 1 aromatic heterocycles. The number of nitrogens with zero attached hydrogens (tertiary/aromatic N) is 2. The van der Waals surface area contributed by atoms with Crippen LogP contribution in [0.15, 0.2) is 53.4 Å². The molecule has 1 aliphatic heterocycles.